The molecular weight excluding hydrogens is 520 g/mol. The lowest BCUT2D eigenvalue weighted by molar-refractivity contribution is -0.137. The molecule has 184 valence electrons. The SMILES string of the molecule is Cc1cc(Cl)ccc1OC(=O)c1ccc(NC2=C(Cl)C(=O)N(c3cccc(C(F)(F)F)c3)C2=O)cc1. The van der Waals surface area contributed by atoms with Gasteiger partial charge in [-0.1, -0.05) is 29.3 Å². The van der Waals surface area contributed by atoms with Gasteiger partial charge in [-0.25, -0.2) is 9.69 Å². The normalized spacial score (nSPS) is 13.9. The second-order valence-electron chi connectivity index (χ2n) is 7.68. The van der Waals surface area contributed by atoms with Crippen LogP contribution in [0.2, 0.25) is 5.02 Å². The summed E-state index contributed by atoms with van der Waals surface area (Å²) < 4.78 is 44.6. The van der Waals surface area contributed by atoms with Gasteiger partial charge in [0, 0.05) is 10.7 Å². The van der Waals surface area contributed by atoms with Crippen molar-refractivity contribution in [2.24, 2.45) is 0 Å². The third-order valence-electron chi connectivity index (χ3n) is 5.19. The van der Waals surface area contributed by atoms with Crippen LogP contribution >= 0.6 is 23.2 Å². The van der Waals surface area contributed by atoms with Crippen LogP contribution in [-0.4, -0.2) is 17.8 Å². The van der Waals surface area contributed by atoms with Crippen molar-refractivity contribution >= 4 is 52.4 Å². The van der Waals surface area contributed by atoms with Crippen LogP contribution in [0.5, 0.6) is 5.75 Å². The molecule has 0 aliphatic carbocycles. The van der Waals surface area contributed by atoms with E-state index in [2.05, 4.69) is 5.32 Å². The minimum atomic E-state index is -4.66. The predicted molar refractivity (Wildman–Crippen MR) is 128 cm³/mol. The molecule has 11 heteroatoms. The van der Waals surface area contributed by atoms with Gasteiger partial charge in [0.15, 0.2) is 0 Å². The fourth-order valence-electron chi connectivity index (χ4n) is 3.39. The van der Waals surface area contributed by atoms with Crippen LogP contribution in [0.1, 0.15) is 21.5 Å². The van der Waals surface area contributed by atoms with Gasteiger partial charge >= 0.3 is 12.1 Å². The van der Waals surface area contributed by atoms with E-state index in [1.165, 1.54) is 30.3 Å². The Morgan fingerprint density at radius 1 is 0.944 bits per heavy atom. The van der Waals surface area contributed by atoms with E-state index >= 15 is 0 Å². The first kappa shape index (κ1) is 25.3. The lowest BCUT2D eigenvalue weighted by Gasteiger charge is -2.17. The molecule has 2 amide bonds. The molecule has 3 aromatic rings. The van der Waals surface area contributed by atoms with E-state index in [1.807, 2.05) is 0 Å². The first-order valence-electron chi connectivity index (χ1n) is 10.3. The van der Waals surface area contributed by atoms with Gasteiger partial charge in [-0.05, 0) is 73.2 Å². The number of halogens is 5. The molecule has 0 fully saturated rings. The molecule has 0 unspecified atom stereocenters. The number of anilines is 2. The van der Waals surface area contributed by atoms with E-state index in [0.29, 0.717) is 33.0 Å². The molecule has 1 aliphatic rings. The summed E-state index contributed by atoms with van der Waals surface area (Å²) in [4.78, 5) is 38.4. The number of hydrogen-bond donors (Lipinski definition) is 1. The fourth-order valence-corrected chi connectivity index (χ4v) is 3.83. The van der Waals surface area contributed by atoms with Crippen LogP contribution in [0.4, 0.5) is 24.5 Å². The van der Waals surface area contributed by atoms with Crippen LogP contribution in [-0.2, 0) is 15.8 Å². The average molecular weight is 535 g/mol. The minimum absolute atomic E-state index is 0.203. The number of nitrogens with zero attached hydrogens (tertiary/aromatic N) is 1. The van der Waals surface area contributed by atoms with Crippen LogP contribution < -0.4 is 15.0 Å². The third kappa shape index (κ3) is 5.07. The molecule has 0 saturated carbocycles. The Morgan fingerprint density at radius 2 is 1.64 bits per heavy atom. The lowest BCUT2D eigenvalue weighted by atomic mass is 10.2. The first-order valence-corrected chi connectivity index (χ1v) is 11.0. The number of hydrogen-bond acceptors (Lipinski definition) is 5. The Bertz CT molecular complexity index is 1420. The summed E-state index contributed by atoms with van der Waals surface area (Å²) in [5.74, 6) is -2.19. The highest BCUT2D eigenvalue weighted by molar-refractivity contribution is 6.53. The Balaban J connectivity index is 1.50. The number of amides is 2. The summed E-state index contributed by atoms with van der Waals surface area (Å²) in [7, 11) is 0. The molecule has 3 aromatic carbocycles. The Morgan fingerprint density at radius 3 is 2.28 bits per heavy atom. The molecule has 36 heavy (non-hydrogen) atoms. The van der Waals surface area contributed by atoms with Crippen molar-refractivity contribution < 1.29 is 32.3 Å². The van der Waals surface area contributed by atoms with Gasteiger partial charge in [-0.15, -0.1) is 0 Å². The van der Waals surface area contributed by atoms with Gasteiger partial charge in [0.1, 0.15) is 16.5 Å². The Kier molecular flexibility index (Phi) is 6.79. The van der Waals surface area contributed by atoms with Gasteiger partial charge in [-0.2, -0.15) is 13.2 Å². The number of rotatable bonds is 5. The molecule has 0 bridgehead atoms. The molecule has 1 aliphatic heterocycles. The van der Waals surface area contributed by atoms with Gasteiger partial charge in [-0.3, -0.25) is 9.59 Å². The number of nitrogens with one attached hydrogen (secondary N) is 1. The zero-order valence-corrected chi connectivity index (χ0v) is 19.8. The molecule has 6 nitrogen and oxygen atoms in total. The summed E-state index contributed by atoms with van der Waals surface area (Å²) >= 11 is 11.9. The highest BCUT2D eigenvalue weighted by atomic mass is 35.5. The standard InChI is InChI=1S/C25H15Cl2F3N2O4/c1-13-11-16(26)7-10-19(13)36-24(35)14-5-8-17(9-6-14)31-21-20(27)22(33)32(23(21)34)18-4-2-3-15(12-18)25(28,29)30/h2-12,31H,1H3. The molecule has 0 saturated heterocycles. The quantitative estimate of drug-likeness (QED) is 0.235. The second-order valence-corrected chi connectivity index (χ2v) is 8.50. The Hall–Kier alpha value is -3.82. The number of imide groups is 1. The molecule has 4 rings (SSSR count). The maximum absolute atomic E-state index is 13.1. The largest absolute Gasteiger partial charge is 0.423 e. The second kappa shape index (κ2) is 9.67. The number of benzene rings is 3. The van der Waals surface area contributed by atoms with Crippen molar-refractivity contribution in [3.63, 3.8) is 0 Å². The number of carbonyl (C=O) groups is 3. The summed E-state index contributed by atoms with van der Waals surface area (Å²) in [5.41, 5.74) is -0.430. The zero-order valence-electron chi connectivity index (χ0n) is 18.3. The van der Waals surface area contributed by atoms with E-state index in [0.717, 1.165) is 12.1 Å². The molecule has 0 radical (unpaired) electrons. The van der Waals surface area contributed by atoms with Gasteiger partial charge < -0.3 is 10.1 Å². The van der Waals surface area contributed by atoms with Crippen molar-refractivity contribution in [2.75, 3.05) is 10.2 Å². The van der Waals surface area contributed by atoms with Crippen molar-refractivity contribution in [2.45, 2.75) is 13.1 Å². The predicted octanol–water partition coefficient (Wildman–Crippen LogP) is 6.32. The van der Waals surface area contributed by atoms with Gasteiger partial charge in [0.05, 0.1) is 16.8 Å². The summed E-state index contributed by atoms with van der Waals surface area (Å²) in [6.45, 7) is 1.74. The first-order chi connectivity index (χ1) is 17.0. The van der Waals surface area contributed by atoms with E-state index < -0.39 is 34.6 Å². The fraction of sp³-hybridized carbons (Fsp3) is 0.0800. The van der Waals surface area contributed by atoms with Gasteiger partial charge in [0.25, 0.3) is 11.8 Å². The van der Waals surface area contributed by atoms with Gasteiger partial charge in [0.2, 0.25) is 0 Å². The van der Waals surface area contributed by atoms with E-state index in [-0.39, 0.29) is 16.9 Å². The van der Waals surface area contributed by atoms with Crippen LogP contribution in [0, 0.1) is 6.92 Å². The number of aryl methyl sites for hydroxylation is 1. The maximum atomic E-state index is 13.1. The zero-order chi connectivity index (χ0) is 26.2. The number of carbonyl (C=O) groups excluding carboxylic acids is 3. The Labute approximate surface area is 212 Å². The van der Waals surface area contributed by atoms with Crippen LogP contribution in [0.15, 0.2) is 77.5 Å². The van der Waals surface area contributed by atoms with Crippen LogP contribution in [0.25, 0.3) is 0 Å². The summed E-state index contributed by atoms with van der Waals surface area (Å²) in [5, 5.41) is 2.71. The van der Waals surface area contributed by atoms with E-state index in [9.17, 15) is 27.6 Å². The maximum Gasteiger partial charge on any atom is 0.416 e. The van der Waals surface area contributed by atoms with Crippen LogP contribution in [0.3, 0.4) is 0 Å². The number of alkyl halides is 3. The molecular formula is C25H15Cl2F3N2O4. The van der Waals surface area contributed by atoms with E-state index in [4.69, 9.17) is 27.9 Å². The van der Waals surface area contributed by atoms with Crippen molar-refractivity contribution in [3.8, 4) is 5.75 Å². The van der Waals surface area contributed by atoms with Crippen molar-refractivity contribution in [1.82, 2.24) is 0 Å². The molecule has 1 N–H and O–H groups in total. The van der Waals surface area contributed by atoms with Crippen molar-refractivity contribution in [3.05, 3.63) is 99.2 Å². The third-order valence-corrected chi connectivity index (χ3v) is 5.77. The average Bonchev–Trinajstić information content (AvgIpc) is 3.04. The minimum Gasteiger partial charge on any atom is -0.423 e. The number of esters is 1. The highest BCUT2D eigenvalue weighted by Gasteiger charge is 2.40. The highest BCUT2D eigenvalue weighted by Crippen LogP contribution is 2.35. The molecule has 0 spiro atoms. The molecule has 0 aromatic heterocycles. The molecule has 1 heterocycles. The lowest BCUT2D eigenvalue weighted by Crippen LogP contribution is -2.32. The smallest absolute Gasteiger partial charge is 0.416 e. The molecule has 0 atom stereocenters. The summed E-state index contributed by atoms with van der Waals surface area (Å²) in [6, 6.07) is 14.4. The number of ether oxygens (including phenoxy) is 1. The van der Waals surface area contributed by atoms with Crippen molar-refractivity contribution in [1.29, 1.82) is 0 Å². The van der Waals surface area contributed by atoms with E-state index in [1.54, 1.807) is 25.1 Å². The monoisotopic (exact) mass is 534 g/mol. The topological polar surface area (TPSA) is 75.7 Å². The summed E-state index contributed by atoms with van der Waals surface area (Å²) in [6.07, 6.45) is -4.66.